The maximum atomic E-state index is 12.6. The molecule has 28 heavy (non-hydrogen) atoms. The maximum absolute atomic E-state index is 12.6. The SMILES string of the molecule is CCCN(CCC)C(=O)c1ccc(NC(=O)COc2c(C)cccc2C)cc1. The average Bonchev–Trinajstić information content (AvgIpc) is 2.67. The fourth-order valence-electron chi connectivity index (χ4n) is 3.10. The minimum atomic E-state index is -0.236. The molecule has 0 aliphatic rings. The number of nitrogens with zero attached hydrogens (tertiary/aromatic N) is 1. The lowest BCUT2D eigenvalue weighted by Gasteiger charge is -2.21. The lowest BCUT2D eigenvalue weighted by molar-refractivity contribution is -0.118. The van der Waals surface area contributed by atoms with Gasteiger partial charge in [-0.25, -0.2) is 0 Å². The predicted octanol–water partition coefficient (Wildman–Crippen LogP) is 4.58. The zero-order valence-electron chi connectivity index (χ0n) is 17.2. The van der Waals surface area contributed by atoms with E-state index < -0.39 is 0 Å². The van der Waals surface area contributed by atoms with E-state index in [1.54, 1.807) is 24.3 Å². The summed E-state index contributed by atoms with van der Waals surface area (Å²) in [5.41, 5.74) is 3.27. The molecule has 150 valence electrons. The Morgan fingerprint density at radius 3 is 2.04 bits per heavy atom. The number of carbonyl (C=O) groups excluding carboxylic acids is 2. The van der Waals surface area contributed by atoms with Crippen LogP contribution in [0.3, 0.4) is 0 Å². The quantitative estimate of drug-likeness (QED) is 0.690. The van der Waals surface area contributed by atoms with Crippen LogP contribution >= 0.6 is 0 Å². The highest BCUT2D eigenvalue weighted by molar-refractivity contribution is 5.96. The molecule has 2 aromatic rings. The first-order valence-electron chi connectivity index (χ1n) is 9.84. The first kappa shape index (κ1) is 21.5. The van der Waals surface area contributed by atoms with Gasteiger partial charge in [0.15, 0.2) is 6.61 Å². The second kappa shape index (κ2) is 10.5. The van der Waals surface area contributed by atoms with Gasteiger partial charge >= 0.3 is 0 Å². The maximum Gasteiger partial charge on any atom is 0.262 e. The van der Waals surface area contributed by atoms with Crippen LogP contribution in [0.15, 0.2) is 42.5 Å². The summed E-state index contributed by atoms with van der Waals surface area (Å²) in [4.78, 5) is 26.7. The number of rotatable bonds is 9. The predicted molar refractivity (Wildman–Crippen MR) is 113 cm³/mol. The van der Waals surface area contributed by atoms with Crippen molar-refractivity contribution in [2.45, 2.75) is 40.5 Å². The summed E-state index contributed by atoms with van der Waals surface area (Å²) < 4.78 is 5.68. The molecule has 0 aliphatic heterocycles. The normalized spacial score (nSPS) is 10.4. The van der Waals surface area contributed by atoms with E-state index in [1.807, 2.05) is 36.9 Å². The summed E-state index contributed by atoms with van der Waals surface area (Å²) in [6.45, 7) is 9.48. The molecule has 2 aromatic carbocycles. The molecule has 0 heterocycles. The summed E-state index contributed by atoms with van der Waals surface area (Å²) in [5.74, 6) is 0.533. The summed E-state index contributed by atoms with van der Waals surface area (Å²) in [5, 5.41) is 2.81. The number of aryl methyl sites for hydroxylation is 2. The largest absolute Gasteiger partial charge is 0.483 e. The highest BCUT2D eigenvalue weighted by Crippen LogP contribution is 2.22. The third kappa shape index (κ3) is 5.84. The number of ether oxygens (including phenoxy) is 1. The van der Waals surface area contributed by atoms with E-state index in [0.717, 1.165) is 42.8 Å². The molecule has 0 fully saturated rings. The van der Waals surface area contributed by atoms with Gasteiger partial charge in [-0.1, -0.05) is 32.0 Å². The zero-order valence-corrected chi connectivity index (χ0v) is 17.2. The van der Waals surface area contributed by atoms with E-state index >= 15 is 0 Å². The smallest absolute Gasteiger partial charge is 0.262 e. The number of anilines is 1. The van der Waals surface area contributed by atoms with Crippen LogP contribution in [0, 0.1) is 13.8 Å². The Labute approximate surface area is 167 Å². The topological polar surface area (TPSA) is 58.6 Å². The molecule has 0 unspecified atom stereocenters. The number of para-hydroxylation sites is 1. The van der Waals surface area contributed by atoms with Crippen molar-refractivity contribution >= 4 is 17.5 Å². The number of hydrogen-bond donors (Lipinski definition) is 1. The lowest BCUT2D eigenvalue weighted by atomic mass is 10.1. The van der Waals surface area contributed by atoms with Gasteiger partial charge in [-0.15, -0.1) is 0 Å². The van der Waals surface area contributed by atoms with Gasteiger partial charge in [-0.3, -0.25) is 9.59 Å². The lowest BCUT2D eigenvalue weighted by Crippen LogP contribution is -2.32. The van der Waals surface area contributed by atoms with Gasteiger partial charge in [0.2, 0.25) is 0 Å². The molecule has 0 aromatic heterocycles. The summed E-state index contributed by atoms with van der Waals surface area (Å²) in [6, 6.07) is 12.9. The summed E-state index contributed by atoms with van der Waals surface area (Å²) in [7, 11) is 0. The standard InChI is InChI=1S/C23H30N2O3/c1-5-14-25(15-6-2)23(27)19-10-12-20(13-11-19)24-21(26)16-28-22-17(3)8-7-9-18(22)4/h7-13H,5-6,14-16H2,1-4H3,(H,24,26). The monoisotopic (exact) mass is 382 g/mol. The molecule has 0 radical (unpaired) electrons. The average molecular weight is 383 g/mol. The molecule has 0 atom stereocenters. The van der Waals surface area contributed by atoms with Gasteiger partial charge in [0, 0.05) is 24.3 Å². The van der Waals surface area contributed by atoms with Crippen LogP contribution in [-0.2, 0) is 4.79 Å². The van der Waals surface area contributed by atoms with Crippen LogP contribution in [0.5, 0.6) is 5.75 Å². The van der Waals surface area contributed by atoms with Crippen molar-refractivity contribution in [1.82, 2.24) is 4.90 Å². The molecule has 2 amide bonds. The van der Waals surface area contributed by atoms with Crippen LogP contribution in [0.1, 0.15) is 48.2 Å². The second-order valence-electron chi connectivity index (χ2n) is 6.93. The third-order valence-corrected chi connectivity index (χ3v) is 4.45. The Kier molecular flexibility index (Phi) is 8.05. The van der Waals surface area contributed by atoms with Gasteiger partial charge in [0.05, 0.1) is 0 Å². The molecule has 5 heteroatoms. The van der Waals surface area contributed by atoms with E-state index in [-0.39, 0.29) is 18.4 Å². The number of hydrogen-bond acceptors (Lipinski definition) is 3. The van der Waals surface area contributed by atoms with Crippen LogP contribution < -0.4 is 10.1 Å². The molecule has 0 aliphatic carbocycles. The Morgan fingerprint density at radius 1 is 0.929 bits per heavy atom. The van der Waals surface area contributed by atoms with Crippen LogP contribution in [0.25, 0.3) is 0 Å². The Morgan fingerprint density at radius 2 is 1.50 bits per heavy atom. The number of carbonyl (C=O) groups is 2. The molecule has 0 spiro atoms. The summed E-state index contributed by atoms with van der Waals surface area (Å²) >= 11 is 0. The number of amides is 2. The highest BCUT2D eigenvalue weighted by atomic mass is 16.5. The molecule has 0 bridgehead atoms. The Bertz CT molecular complexity index is 774. The van der Waals surface area contributed by atoms with E-state index in [0.29, 0.717) is 11.3 Å². The molecule has 1 N–H and O–H groups in total. The summed E-state index contributed by atoms with van der Waals surface area (Å²) in [6.07, 6.45) is 1.86. The number of nitrogens with one attached hydrogen (secondary N) is 1. The van der Waals surface area contributed by atoms with E-state index in [9.17, 15) is 9.59 Å². The second-order valence-corrected chi connectivity index (χ2v) is 6.93. The zero-order chi connectivity index (χ0) is 20.5. The van der Waals surface area contributed by atoms with Crippen LogP contribution in [0.2, 0.25) is 0 Å². The van der Waals surface area contributed by atoms with Crippen molar-refractivity contribution < 1.29 is 14.3 Å². The molecular weight excluding hydrogens is 352 g/mol. The van der Waals surface area contributed by atoms with Gasteiger partial charge in [0.25, 0.3) is 11.8 Å². The third-order valence-electron chi connectivity index (χ3n) is 4.45. The van der Waals surface area contributed by atoms with Crippen molar-refractivity contribution in [3.63, 3.8) is 0 Å². The molecular formula is C23H30N2O3. The van der Waals surface area contributed by atoms with Crippen LogP contribution in [0.4, 0.5) is 5.69 Å². The van der Waals surface area contributed by atoms with Crippen molar-refractivity contribution in [3.8, 4) is 5.75 Å². The minimum Gasteiger partial charge on any atom is -0.483 e. The van der Waals surface area contributed by atoms with Crippen molar-refractivity contribution in [2.24, 2.45) is 0 Å². The minimum absolute atomic E-state index is 0.0277. The first-order valence-corrected chi connectivity index (χ1v) is 9.84. The fraction of sp³-hybridized carbons (Fsp3) is 0.391. The number of benzene rings is 2. The van der Waals surface area contributed by atoms with Crippen molar-refractivity contribution in [3.05, 3.63) is 59.2 Å². The Balaban J connectivity index is 1.94. The van der Waals surface area contributed by atoms with E-state index in [4.69, 9.17) is 4.74 Å². The van der Waals surface area contributed by atoms with Crippen molar-refractivity contribution in [2.75, 3.05) is 25.0 Å². The van der Waals surface area contributed by atoms with Crippen LogP contribution in [-0.4, -0.2) is 36.4 Å². The van der Waals surface area contributed by atoms with E-state index in [2.05, 4.69) is 19.2 Å². The van der Waals surface area contributed by atoms with Crippen molar-refractivity contribution in [1.29, 1.82) is 0 Å². The van der Waals surface area contributed by atoms with Gasteiger partial charge in [0.1, 0.15) is 5.75 Å². The molecule has 0 saturated carbocycles. The molecule has 5 nitrogen and oxygen atoms in total. The highest BCUT2D eigenvalue weighted by Gasteiger charge is 2.14. The van der Waals surface area contributed by atoms with Gasteiger partial charge in [-0.05, 0) is 62.1 Å². The van der Waals surface area contributed by atoms with Gasteiger partial charge in [-0.2, -0.15) is 0 Å². The van der Waals surface area contributed by atoms with Gasteiger partial charge < -0.3 is 15.0 Å². The molecule has 0 saturated heterocycles. The van der Waals surface area contributed by atoms with E-state index in [1.165, 1.54) is 0 Å². The molecule has 2 rings (SSSR count). The Hall–Kier alpha value is -2.82. The first-order chi connectivity index (χ1) is 13.5. The fourth-order valence-corrected chi connectivity index (χ4v) is 3.10.